The van der Waals surface area contributed by atoms with E-state index in [1.54, 1.807) is 24.4 Å². The molecule has 0 aliphatic carbocycles. The van der Waals surface area contributed by atoms with Crippen molar-refractivity contribution in [3.63, 3.8) is 0 Å². The quantitative estimate of drug-likeness (QED) is 0.485. The molecule has 0 bridgehead atoms. The van der Waals surface area contributed by atoms with E-state index in [1.807, 2.05) is 61.5 Å². The highest BCUT2D eigenvalue weighted by Gasteiger charge is 2.06. The molecule has 5 heteroatoms. The molecule has 3 rings (SSSR count). The first-order valence-electron chi connectivity index (χ1n) is 8.48. The summed E-state index contributed by atoms with van der Waals surface area (Å²) in [7, 11) is 0. The van der Waals surface area contributed by atoms with E-state index in [4.69, 9.17) is 16.3 Å². The second kappa shape index (κ2) is 9.01. The lowest BCUT2D eigenvalue weighted by Gasteiger charge is -2.06. The number of benzene rings is 3. The van der Waals surface area contributed by atoms with E-state index in [-0.39, 0.29) is 5.91 Å². The molecule has 27 heavy (non-hydrogen) atoms. The second-order valence-corrected chi connectivity index (χ2v) is 6.41. The lowest BCUT2D eigenvalue weighted by atomic mass is 10.1. The number of hydrogen-bond donors (Lipinski definition) is 1. The van der Waals surface area contributed by atoms with Crippen molar-refractivity contribution in [2.45, 2.75) is 13.5 Å². The minimum Gasteiger partial charge on any atom is -0.489 e. The van der Waals surface area contributed by atoms with Crippen LogP contribution in [-0.2, 0) is 6.61 Å². The number of carbonyl (C=O) groups excluding carboxylic acids is 1. The highest BCUT2D eigenvalue weighted by molar-refractivity contribution is 6.31. The average molecular weight is 379 g/mol. The van der Waals surface area contributed by atoms with E-state index >= 15 is 0 Å². The molecule has 0 heterocycles. The zero-order chi connectivity index (χ0) is 19.1. The van der Waals surface area contributed by atoms with Gasteiger partial charge in [-0.15, -0.1) is 0 Å². The molecular weight excluding hydrogens is 360 g/mol. The van der Waals surface area contributed by atoms with Crippen molar-refractivity contribution in [1.82, 2.24) is 5.43 Å². The van der Waals surface area contributed by atoms with Crippen molar-refractivity contribution in [2.75, 3.05) is 0 Å². The van der Waals surface area contributed by atoms with Crippen LogP contribution in [0.25, 0.3) is 0 Å². The summed E-state index contributed by atoms with van der Waals surface area (Å²) in [5, 5.41) is 4.54. The number of hydrazone groups is 1. The molecule has 0 unspecified atom stereocenters. The van der Waals surface area contributed by atoms with Gasteiger partial charge in [0.2, 0.25) is 0 Å². The summed E-state index contributed by atoms with van der Waals surface area (Å²) in [5.74, 6) is 0.463. The molecule has 136 valence electrons. The molecule has 0 atom stereocenters. The van der Waals surface area contributed by atoms with Gasteiger partial charge in [-0.2, -0.15) is 5.10 Å². The van der Waals surface area contributed by atoms with Gasteiger partial charge in [0, 0.05) is 10.6 Å². The van der Waals surface area contributed by atoms with Gasteiger partial charge in [-0.05, 0) is 60.0 Å². The first kappa shape index (κ1) is 18.7. The summed E-state index contributed by atoms with van der Waals surface area (Å²) >= 11 is 6.04. The summed E-state index contributed by atoms with van der Waals surface area (Å²) in [4.78, 5) is 12.1. The number of nitrogens with zero attached hydrogens (tertiary/aromatic N) is 1. The van der Waals surface area contributed by atoms with Gasteiger partial charge in [-0.3, -0.25) is 4.79 Å². The predicted molar refractivity (Wildman–Crippen MR) is 108 cm³/mol. The smallest absolute Gasteiger partial charge is 0.271 e. The monoisotopic (exact) mass is 378 g/mol. The standard InChI is InChI=1S/C22H19ClN2O2/c1-16-7-10-19(13-21(16)23)22(26)25-24-14-17-8-11-20(12-9-17)27-15-18-5-3-2-4-6-18/h2-14H,15H2,1H3,(H,25,26)/b24-14-. The number of rotatable bonds is 6. The van der Waals surface area contributed by atoms with Crippen molar-refractivity contribution >= 4 is 23.7 Å². The normalized spacial score (nSPS) is 10.7. The SMILES string of the molecule is Cc1ccc(C(=O)N/N=C\c2ccc(OCc3ccccc3)cc2)cc1Cl. The van der Waals surface area contributed by atoms with E-state index in [0.717, 1.165) is 22.4 Å². The van der Waals surface area contributed by atoms with Gasteiger partial charge in [-0.25, -0.2) is 5.43 Å². The minimum absolute atomic E-state index is 0.309. The first-order chi connectivity index (χ1) is 13.1. The topological polar surface area (TPSA) is 50.7 Å². The number of ether oxygens (including phenoxy) is 1. The maximum Gasteiger partial charge on any atom is 0.271 e. The fourth-order valence-electron chi connectivity index (χ4n) is 2.36. The molecule has 0 aromatic heterocycles. The molecule has 0 spiro atoms. The number of carbonyl (C=O) groups is 1. The van der Waals surface area contributed by atoms with Crippen molar-refractivity contribution in [3.05, 3.63) is 100 Å². The molecule has 1 amide bonds. The Kier molecular flexibility index (Phi) is 6.23. The Morgan fingerprint density at radius 1 is 1.07 bits per heavy atom. The molecule has 3 aromatic rings. The Morgan fingerprint density at radius 2 is 1.81 bits per heavy atom. The molecule has 0 fully saturated rings. The summed E-state index contributed by atoms with van der Waals surface area (Å²) in [6.07, 6.45) is 1.58. The lowest BCUT2D eigenvalue weighted by molar-refractivity contribution is 0.0955. The van der Waals surface area contributed by atoms with Crippen LogP contribution in [0.1, 0.15) is 27.0 Å². The Morgan fingerprint density at radius 3 is 2.52 bits per heavy atom. The average Bonchev–Trinajstić information content (AvgIpc) is 2.70. The fourth-order valence-corrected chi connectivity index (χ4v) is 2.54. The van der Waals surface area contributed by atoms with E-state index in [1.165, 1.54) is 0 Å². The van der Waals surface area contributed by atoms with E-state index in [0.29, 0.717) is 17.2 Å². The first-order valence-corrected chi connectivity index (χ1v) is 8.86. The molecule has 3 aromatic carbocycles. The number of halogens is 1. The van der Waals surface area contributed by atoms with E-state index < -0.39 is 0 Å². The van der Waals surface area contributed by atoms with Crippen LogP contribution < -0.4 is 10.2 Å². The minimum atomic E-state index is -0.309. The second-order valence-electron chi connectivity index (χ2n) is 6.01. The Labute approximate surface area is 163 Å². The summed E-state index contributed by atoms with van der Waals surface area (Å²) in [6.45, 7) is 2.40. The number of hydrogen-bond acceptors (Lipinski definition) is 3. The van der Waals surface area contributed by atoms with Gasteiger partial charge in [0.25, 0.3) is 5.91 Å². The summed E-state index contributed by atoms with van der Waals surface area (Å²) in [6, 6.07) is 22.6. The third kappa shape index (κ3) is 5.43. The Bertz CT molecular complexity index is 938. The Hall–Kier alpha value is -3.11. The van der Waals surface area contributed by atoms with Crippen LogP contribution in [0.5, 0.6) is 5.75 Å². The largest absolute Gasteiger partial charge is 0.489 e. The predicted octanol–water partition coefficient (Wildman–Crippen LogP) is 4.99. The van der Waals surface area contributed by atoms with Crippen LogP contribution in [0.3, 0.4) is 0 Å². The summed E-state index contributed by atoms with van der Waals surface area (Å²) < 4.78 is 5.74. The van der Waals surface area contributed by atoms with Crippen molar-refractivity contribution in [2.24, 2.45) is 5.10 Å². The number of amides is 1. The molecule has 0 saturated carbocycles. The van der Waals surface area contributed by atoms with Gasteiger partial charge in [0.15, 0.2) is 0 Å². The molecule has 0 radical (unpaired) electrons. The van der Waals surface area contributed by atoms with Crippen LogP contribution in [-0.4, -0.2) is 12.1 Å². The molecule has 0 aliphatic heterocycles. The van der Waals surface area contributed by atoms with Gasteiger partial charge in [-0.1, -0.05) is 48.0 Å². The van der Waals surface area contributed by atoms with E-state index in [2.05, 4.69) is 10.5 Å². The van der Waals surface area contributed by atoms with Gasteiger partial charge in [0.05, 0.1) is 6.21 Å². The van der Waals surface area contributed by atoms with Crippen LogP contribution >= 0.6 is 11.6 Å². The van der Waals surface area contributed by atoms with Crippen LogP contribution in [0.4, 0.5) is 0 Å². The highest BCUT2D eigenvalue weighted by atomic mass is 35.5. The molecular formula is C22H19ClN2O2. The van der Waals surface area contributed by atoms with Crippen molar-refractivity contribution < 1.29 is 9.53 Å². The molecule has 1 N–H and O–H groups in total. The van der Waals surface area contributed by atoms with Crippen molar-refractivity contribution in [3.8, 4) is 5.75 Å². The lowest BCUT2D eigenvalue weighted by Crippen LogP contribution is -2.17. The number of aryl methyl sites for hydroxylation is 1. The fraction of sp³-hybridized carbons (Fsp3) is 0.0909. The maximum absolute atomic E-state index is 12.1. The molecule has 4 nitrogen and oxygen atoms in total. The maximum atomic E-state index is 12.1. The zero-order valence-corrected chi connectivity index (χ0v) is 15.6. The Balaban J connectivity index is 1.53. The summed E-state index contributed by atoms with van der Waals surface area (Å²) in [5.41, 5.74) is 5.85. The van der Waals surface area contributed by atoms with Gasteiger partial charge in [0.1, 0.15) is 12.4 Å². The van der Waals surface area contributed by atoms with Crippen LogP contribution in [0.15, 0.2) is 77.9 Å². The van der Waals surface area contributed by atoms with Gasteiger partial charge >= 0.3 is 0 Å². The van der Waals surface area contributed by atoms with Crippen molar-refractivity contribution in [1.29, 1.82) is 0 Å². The number of nitrogens with one attached hydrogen (secondary N) is 1. The third-order valence-electron chi connectivity index (χ3n) is 3.94. The van der Waals surface area contributed by atoms with E-state index in [9.17, 15) is 4.79 Å². The van der Waals surface area contributed by atoms with Crippen LogP contribution in [0, 0.1) is 6.92 Å². The molecule has 0 aliphatic rings. The third-order valence-corrected chi connectivity index (χ3v) is 4.35. The highest BCUT2D eigenvalue weighted by Crippen LogP contribution is 2.16. The zero-order valence-electron chi connectivity index (χ0n) is 14.9. The molecule has 0 saturated heterocycles. The van der Waals surface area contributed by atoms with Gasteiger partial charge < -0.3 is 4.74 Å². The van der Waals surface area contributed by atoms with Crippen LogP contribution in [0.2, 0.25) is 5.02 Å².